The van der Waals surface area contributed by atoms with Gasteiger partial charge in [-0.1, -0.05) is 11.6 Å². The van der Waals surface area contributed by atoms with Crippen LogP contribution in [0, 0.1) is 6.92 Å². The maximum Gasteiger partial charge on any atom is 0.282 e. The summed E-state index contributed by atoms with van der Waals surface area (Å²) in [5, 5.41) is 4.78. The average Bonchev–Trinajstić information content (AvgIpc) is 3.56. The van der Waals surface area contributed by atoms with E-state index in [9.17, 15) is 13.2 Å². The molecule has 5 aromatic rings. The normalized spacial score (nSPS) is 16.1. The molecule has 8 nitrogen and oxygen atoms in total. The van der Waals surface area contributed by atoms with Crippen LogP contribution in [0.25, 0.3) is 33.3 Å². The number of likely N-dealkylation sites (tertiary alicyclic amines) is 1. The number of hydrogen-bond donors (Lipinski definition) is 1. The van der Waals surface area contributed by atoms with Gasteiger partial charge in [0.05, 0.1) is 40.7 Å². The van der Waals surface area contributed by atoms with Crippen LogP contribution in [0.15, 0.2) is 48.9 Å². The zero-order valence-electron chi connectivity index (χ0n) is 20.3. The summed E-state index contributed by atoms with van der Waals surface area (Å²) in [5.74, 6) is 1.86. The Morgan fingerprint density at radius 2 is 1.84 bits per heavy atom. The number of aromatic nitrogens is 6. The monoisotopic (exact) mass is 541 g/mol. The maximum absolute atomic E-state index is 13.7. The third kappa shape index (κ3) is 4.67. The molecule has 0 bridgehead atoms. The molecule has 1 aliphatic heterocycles. The molecule has 0 spiro atoms. The molecule has 38 heavy (non-hydrogen) atoms. The second-order valence-electron chi connectivity index (χ2n) is 9.29. The van der Waals surface area contributed by atoms with Crippen LogP contribution in [0.1, 0.15) is 24.7 Å². The molecule has 0 aliphatic carbocycles. The molecule has 1 saturated heterocycles. The topological polar surface area (TPSA) is 84.8 Å². The van der Waals surface area contributed by atoms with Crippen molar-refractivity contribution in [2.75, 3.05) is 13.1 Å². The van der Waals surface area contributed by atoms with Crippen LogP contribution in [-0.4, -0.2) is 60.4 Å². The molecule has 1 aliphatic rings. The summed E-state index contributed by atoms with van der Waals surface area (Å²) in [7, 11) is 0. The van der Waals surface area contributed by atoms with Crippen molar-refractivity contribution in [2.24, 2.45) is 0 Å². The molecule has 1 unspecified atom stereocenters. The van der Waals surface area contributed by atoms with E-state index in [0.29, 0.717) is 46.1 Å². The van der Waals surface area contributed by atoms with Gasteiger partial charge in [0.15, 0.2) is 0 Å². The highest BCUT2D eigenvalue weighted by molar-refractivity contribution is 6.36. The van der Waals surface area contributed by atoms with Crippen LogP contribution in [0.5, 0.6) is 11.5 Å². The van der Waals surface area contributed by atoms with Gasteiger partial charge in [-0.3, -0.25) is 14.6 Å². The van der Waals surface area contributed by atoms with E-state index in [1.54, 1.807) is 29.2 Å². The number of imidazole rings is 1. The van der Waals surface area contributed by atoms with Crippen LogP contribution in [0.4, 0.5) is 13.2 Å². The van der Waals surface area contributed by atoms with Crippen LogP contribution in [0.2, 0.25) is 5.02 Å². The van der Waals surface area contributed by atoms with Crippen LogP contribution >= 0.6 is 11.6 Å². The number of H-pyrrole nitrogens is 1. The number of halogens is 4. The molecule has 0 amide bonds. The van der Waals surface area contributed by atoms with Crippen molar-refractivity contribution >= 4 is 33.7 Å². The van der Waals surface area contributed by atoms with Gasteiger partial charge in [-0.2, -0.15) is 5.10 Å². The molecule has 0 saturated carbocycles. The number of piperidine rings is 1. The van der Waals surface area contributed by atoms with Crippen molar-refractivity contribution in [3.05, 3.63) is 59.8 Å². The number of nitrogens with zero attached hydrogens (tertiary/aromatic N) is 6. The Morgan fingerprint density at radius 1 is 1.05 bits per heavy atom. The fourth-order valence-electron chi connectivity index (χ4n) is 4.78. The highest BCUT2D eigenvalue weighted by Gasteiger charge is 2.31. The van der Waals surface area contributed by atoms with Gasteiger partial charge in [0.25, 0.3) is 6.43 Å². The summed E-state index contributed by atoms with van der Waals surface area (Å²) in [6, 6.07) is 9.08. The number of hydrogen-bond acceptors (Lipinski definition) is 6. The number of nitrogens with one attached hydrogen (secondary N) is 1. The molecule has 2 aromatic carbocycles. The third-order valence-electron chi connectivity index (χ3n) is 6.74. The van der Waals surface area contributed by atoms with Gasteiger partial charge in [0.1, 0.15) is 27.9 Å². The van der Waals surface area contributed by atoms with Crippen LogP contribution < -0.4 is 4.74 Å². The van der Waals surface area contributed by atoms with Crippen molar-refractivity contribution in [2.45, 2.75) is 38.5 Å². The Balaban J connectivity index is 1.22. The Labute approximate surface area is 220 Å². The second-order valence-corrected chi connectivity index (χ2v) is 9.67. The fraction of sp³-hybridized carbons (Fsp3) is 0.308. The molecular formula is C26H23ClF3N7O. The minimum atomic E-state index is -3.00. The Hall–Kier alpha value is -3.70. The first-order valence-corrected chi connectivity index (χ1v) is 12.5. The van der Waals surface area contributed by atoms with E-state index >= 15 is 0 Å². The van der Waals surface area contributed by atoms with E-state index in [-0.39, 0.29) is 19.1 Å². The van der Waals surface area contributed by atoms with Gasteiger partial charge in [-0.25, -0.2) is 23.1 Å². The molecular weight excluding hydrogens is 519 g/mol. The van der Waals surface area contributed by atoms with E-state index < -0.39 is 12.7 Å². The first-order valence-electron chi connectivity index (χ1n) is 12.2. The lowest BCUT2D eigenvalue weighted by molar-refractivity contribution is -0.0604. The zero-order chi connectivity index (χ0) is 26.4. The van der Waals surface area contributed by atoms with Gasteiger partial charge < -0.3 is 9.72 Å². The average molecular weight is 542 g/mol. The lowest BCUT2D eigenvalue weighted by Crippen LogP contribution is -2.43. The minimum Gasteiger partial charge on any atom is -0.456 e. The van der Waals surface area contributed by atoms with Crippen LogP contribution in [0.3, 0.4) is 0 Å². The molecule has 3 aromatic heterocycles. The van der Waals surface area contributed by atoms with Gasteiger partial charge in [0.2, 0.25) is 6.30 Å². The molecule has 12 heteroatoms. The molecule has 1 N–H and O–H groups in total. The van der Waals surface area contributed by atoms with Crippen molar-refractivity contribution in [3.8, 4) is 22.8 Å². The van der Waals surface area contributed by atoms with E-state index in [4.69, 9.17) is 21.3 Å². The molecule has 4 heterocycles. The number of benzene rings is 2. The zero-order valence-corrected chi connectivity index (χ0v) is 21.0. The molecule has 6 rings (SSSR count). The van der Waals surface area contributed by atoms with E-state index in [1.165, 1.54) is 4.90 Å². The van der Waals surface area contributed by atoms with Gasteiger partial charge >= 0.3 is 0 Å². The Morgan fingerprint density at radius 3 is 2.63 bits per heavy atom. The standard InChI is InChI=1S/C26H23ClF3N7O/c1-14-33-18-3-2-17(10-20(18)34-14)38-22-5-4-19-24(23(22)27)35-21(12-31-19)15-11-32-37(13-15)16-6-8-36(9-7-16)26(30)25(28)29/h2-5,10-13,16,25-26H,6-9H2,1H3,(H,33,34). The molecule has 1 atom stereocenters. The van der Waals surface area contributed by atoms with Gasteiger partial charge in [-0.05, 0) is 44.0 Å². The fourth-order valence-corrected chi connectivity index (χ4v) is 5.02. The minimum absolute atomic E-state index is 0.0159. The lowest BCUT2D eigenvalue weighted by Gasteiger charge is -2.33. The maximum atomic E-state index is 13.7. The van der Waals surface area contributed by atoms with Crippen molar-refractivity contribution in [1.29, 1.82) is 0 Å². The highest BCUT2D eigenvalue weighted by atomic mass is 35.5. The SMILES string of the molecule is Cc1nc2ccc(Oc3ccc4ncc(-c5cnn(C6CCN(C(F)C(F)F)CC6)c5)nc4c3Cl)cc2[nH]1. The van der Waals surface area contributed by atoms with Crippen molar-refractivity contribution < 1.29 is 17.9 Å². The number of aryl methyl sites for hydroxylation is 1. The number of fused-ring (bicyclic) bond motifs is 2. The molecule has 0 radical (unpaired) electrons. The first-order chi connectivity index (χ1) is 18.4. The second kappa shape index (κ2) is 9.88. The first kappa shape index (κ1) is 24.6. The van der Waals surface area contributed by atoms with Crippen molar-refractivity contribution in [3.63, 3.8) is 0 Å². The summed E-state index contributed by atoms with van der Waals surface area (Å²) >= 11 is 6.70. The number of alkyl halides is 3. The predicted octanol–water partition coefficient (Wildman–Crippen LogP) is 6.32. The smallest absolute Gasteiger partial charge is 0.282 e. The number of rotatable bonds is 6. The van der Waals surface area contributed by atoms with Crippen molar-refractivity contribution in [1.82, 2.24) is 34.6 Å². The predicted molar refractivity (Wildman–Crippen MR) is 137 cm³/mol. The summed E-state index contributed by atoms with van der Waals surface area (Å²) < 4.78 is 46.9. The largest absolute Gasteiger partial charge is 0.456 e. The quantitative estimate of drug-likeness (QED) is 0.253. The Bertz CT molecular complexity index is 1610. The van der Waals surface area contributed by atoms with Gasteiger partial charge in [0, 0.05) is 30.9 Å². The summed E-state index contributed by atoms with van der Waals surface area (Å²) in [5.41, 5.74) is 4.13. The molecule has 196 valence electrons. The lowest BCUT2D eigenvalue weighted by atomic mass is 10.1. The molecule has 1 fully saturated rings. The third-order valence-corrected chi connectivity index (χ3v) is 7.11. The highest BCUT2D eigenvalue weighted by Crippen LogP contribution is 2.36. The van der Waals surface area contributed by atoms with Crippen LogP contribution in [-0.2, 0) is 0 Å². The van der Waals surface area contributed by atoms with E-state index in [1.807, 2.05) is 31.3 Å². The number of aromatic amines is 1. The van der Waals surface area contributed by atoms with E-state index in [2.05, 4.69) is 20.1 Å². The van der Waals surface area contributed by atoms with Gasteiger partial charge in [-0.15, -0.1) is 0 Å². The summed E-state index contributed by atoms with van der Waals surface area (Å²) in [4.78, 5) is 18.0. The Kier molecular flexibility index (Phi) is 6.40. The number of ether oxygens (including phenoxy) is 1. The van der Waals surface area contributed by atoms with E-state index in [0.717, 1.165) is 22.4 Å². The summed E-state index contributed by atoms with van der Waals surface area (Å²) in [6.45, 7) is 2.37. The summed E-state index contributed by atoms with van der Waals surface area (Å²) in [6.07, 6.45) is 0.974.